The van der Waals surface area contributed by atoms with Gasteiger partial charge < -0.3 is 37.9 Å². The van der Waals surface area contributed by atoms with Gasteiger partial charge in [-0.05, 0) is 89.1 Å². The molecule has 2 heterocycles. The minimum Gasteiger partial charge on any atom is -0.497 e. The maximum Gasteiger partial charge on any atom is 0.337 e. The Morgan fingerprint density at radius 1 is 0.482 bits per heavy atom. The largest absolute Gasteiger partial charge is 0.497 e. The molecule has 6 rings (SSSR count). The third-order valence-corrected chi connectivity index (χ3v) is 10.9. The Labute approximate surface area is 328 Å². The second-order valence-corrected chi connectivity index (χ2v) is 13.7. The molecular weight excluding hydrogens is 712 g/mol. The number of methoxy groups -OCH3 is 4. The number of benzene rings is 4. The third-order valence-electron chi connectivity index (χ3n) is 10.9. The van der Waals surface area contributed by atoms with Crippen molar-refractivity contribution in [3.8, 4) is 23.0 Å². The van der Waals surface area contributed by atoms with Gasteiger partial charge in [0.1, 0.15) is 34.5 Å². The first-order valence-electron chi connectivity index (χ1n) is 18.8. The molecule has 0 N–H and O–H groups in total. The summed E-state index contributed by atoms with van der Waals surface area (Å²) in [5.41, 5.74) is 1.72. The average molecular weight is 763 g/mol. The summed E-state index contributed by atoms with van der Waals surface area (Å²) in [6.07, 6.45) is 0.726. The summed E-state index contributed by atoms with van der Waals surface area (Å²) in [4.78, 5) is 28.2. The topological polar surface area (TPSA) is 108 Å². The van der Waals surface area contributed by atoms with Crippen LogP contribution in [-0.2, 0) is 39.7 Å². The maximum absolute atomic E-state index is 14.1. The van der Waals surface area contributed by atoms with Crippen molar-refractivity contribution in [1.82, 2.24) is 0 Å². The van der Waals surface area contributed by atoms with E-state index < -0.39 is 35.0 Å². The second-order valence-electron chi connectivity index (χ2n) is 13.7. The van der Waals surface area contributed by atoms with E-state index in [9.17, 15) is 9.59 Å². The van der Waals surface area contributed by atoms with Crippen molar-refractivity contribution in [2.75, 3.05) is 41.7 Å². The molecule has 0 radical (unpaired) electrons. The van der Waals surface area contributed by atoms with E-state index in [0.717, 1.165) is 22.3 Å². The molecule has 0 amide bonds. The molecule has 0 spiro atoms. The van der Waals surface area contributed by atoms with Crippen molar-refractivity contribution in [3.63, 3.8) is 0 Å². The Morgan fingerprint density at radius 2 is 0.732 bits per heavy atom. The lowest BCUT2D eigenvalue weighted by atomic mass is 9.67. The van der Waals surface area contributed by atoms with Crippen LogP contribution < -0.4 is 18.9 Å². The lowest BCUT2D eigenvalue weighted by molar-refractivity contribution is -0.140. The van der Waals surface area contributed by atoms with E-state index in [0.29, 0.717) is 58.5 Å². The van der Waals surface area contributed by atoms with E-state index in [-0.39, 0.29) is 13.2 Å². The first-order valence-corrected chi connectivity index (χ1v) is 18.8. The molecule has 2 unspecified atom stereocenters. The van der Waals surface area contributed by atoms with Gasteiger partial charge in [0.15, 0.2) is 11.2 Å². The molecule has 0 saturated heterocycles. The van der Waals surface area contributed by atoms with Crippen molar-refractivity contribution in [2.45, 2.75) is 51.7 Å². The van der Waals surface area contributed by atoms with Crippen LogP contribution in [0.25, 0.3) is 0 Å². The molecule has 2 atom stereocenters. The highest BCUT2D eigenvalue weighted by atomic mass is 16.5. The van der Waals surface area contributed by atoms with Gasteiger partial charge >= 0.3 is 11.9 Å². The molecule has 10 heteroatoms. The second kappa shape index (κ2) is 16.9. The Hall–Kier alpha value is -5.90. The van der Waals surface area contributed by atoms with Crippen molar-refractivity contribution in [1.29, 1.82) is 0 Å². The summed E-state index contributed by atoms with van der Waals surface area (Å²) < 4.78 is 47.6. The number of esters is 2. The molecule has 0 bridgehead atoms. The van der Waals surface area contributed by atoms with E-state index in [1.807, 2.05) is 97.1 Å². The van der Waals surface area contributed by atoms with Crippen LogP contribution in [0.2, 0.25) is 0 Å². The van der Waals surface area contributed by atoms with Crippen LogP contribution in [0.3, 0.4) is 0 Å². The number of hydrogen-bond donors (Lipinski definition) is 0. The Morgan fingerprint density at radius 3 is 0.946 bits per heavy atom. The van der Waals surface area contributed by atoms with Crippen molar-refractivity contribution in [3.05, 3.63) is 142 Å². The van der Waals surface area contributed by atoms with Crippen LogP contribution in [0.5, 0.6) is 23.0 Å². The number of rotatable bonds is 15. The van der Waals surface area contributed by atoms with Crippen LogP contribution in [0, 0.1) is 11.8 Å². The Balaban J connectivity index is 1.57. The predicted molar refractivity (Wildman–Crippen MR) is 211 cm³/mol. The van der Waals surface area contributed by atoms with E-state index in [4.69, 9.17) is 37.9 Å². The van der Waals surface area contributed by atoms with Gasteiger partial charge in [0.25, 0.3) is 0 Å². The highest BCUT2D eigenvalue weighted by Gasteiger charge is 2.57. The van der Waals surface area contributed by atoms with Gasteiger partial charge in [0.05, 0.1) is 52.8 Å². The quantitative estimate of drug-likeness (QED) is 0.109. The van der Waals surface area contributed by atoms with Crippen LogP contribution in [0.4, 0.5) is 0 Å². The van der Waals surface area contributed by atoms with Crippen LogP contribution in [-0.4, -0.2) is 53.6 Å². The normalized spacial score (nSPS) is 18.1. The smallest absolute Gasteiger partial charge is 0.337 e. The van der Waals surface area contributed by atoms with Crippen LogP contribution >= 0.6 is 0 Å². The van der Waals surface area contributed by atoms with E-state index in [1.165, 1.54) is 0 Å². The number of carbonyl (C=O) groups excluding carboxylic acids is 2. The van der Waals surface area contributed by atoms with Gasteiger partial charge in [0, 0.05) is 34.1 Å². The molecule has 56 heavy (non-hydrogen) atoms. The average Bonchev–Trinajstić information content (AvgIpc) is 3.71. The number of hydrogen-bond acceptors (Lipinski definition) is 10. The van der Waals surface area contributed by atoms with Gasteiger partial charge in [-0.25, -0.2) is 9.59 Å². The van der Waals surface area contributed by atoms with Crippen molar-refractivity contribution < 1.29 is 47.5 Å². The molecule has 4 aromatic rings. The summed E-state index contributed by atoms with van der Waals surface area (Å²) in [7, 11) is 6.47. The van der Waals surface area contributed by atoms with Gasteiger partial charge in [-0.15, -0.1) is 0 Å². The molecular formula is C46H50O10. The number of ether oxygens (including phenoxy) is 8. The Bertz CT molecular complexity index is 1820. The first kappa shape index (κ1) is 39.8. The molecule has 10 nitrogen and oxygen atoms in total. The molecule has 0 fully saturated rings. The Kier molecular flexibility index (Phi) is 12.0. The number of carbonyl (C=O) groups is 2. The minimum atomic E-state index is -1.18. The molecule has 0 aliphatic carbocycles. The summed E-state index contributed by atoms with van der Waals surface area (Å²) in [5.74, 6) is 1.52. The first-order chi connectivity index (χ1) is 27.1. The van der Waals surface area contributed by atoms with Crippen molar-refractivity contribution >= 4 is 11.9 Å². The highest BCUT2D eigenvalue weighted by Crippen LogP contribution is 2.58. The van der Waals surface area contributed by atoms with Gasteiger partial charge in [0.2, 0.25) is 0 Å². The monoisotopic (exact) mass is 762 g/mol. The molecule has 2 aliphatic rings. The zero-order valence-corrected chi connectivity index (χ0v) is 33.3. The lowest BCUT2D eigenvalue weighted by Crippen LogP contribution is -2.40. The fourth-order valence-corrected chi connectivity index (χ4v) is 8.38. The summed E-state index contributed by atoms with van der Waals surface area (Å²) in [5, 5.41) is 0. The summed E-state index contributed by atoms with van der Waals surface area (Å²) >= 11 is 0. The van der Waals surface area contributed by atoms with Gasteiger partial charge in [-0.3, -0.25) is 0 Å². The van der Waals surface area contributed by atoms with E-state index in [1.54, 1.807) is 56.1 Å². The zero-order chi connectivity index (χ0) is 40.0. The fraction of sp³-hybridized carbons (Fsp3) is 0.348. The molecule has 294 valence electrons. The molecule has 0 saturated carbocycles. The summed E-state index contributed by atoms with van der Waals surface area (Å²) in [6, 6.07) is 30.7. The van der Waals surface area contributed by atoms with E-state index in [2.05, 4.69) is 0 Å². The zero-order valence-electron chi connectivity index (χ0n) is 33.3. The minimum absolute atomic E-state index is 0.184. The molecule has 4 aromatic carbocycles. The SMILES string of the molecule is CCOC(=O)C1=C(C)OC(c2ccc(OC)cc2)(c2ccc(OC)cc2)C1CCC1C(C(=O)OCC)=C(C)OC1(c1ccc(OC)cc1)c1ccc(OC)cc1. The third kappa shape index (κ3) is 7.04. The van der Waals surface area contributed by atoms with Crippen LogP contribution in [0.15, 0.2) is 120 Å². The molecule has 0 aromatic heterocycles. The van der Waals surface area contributed by atoms with E-state index >= 15 is 0 Å². The van der Waals surface area contributed by atoms with Crippen LogP contribution in [0.1, 0.15) is 62.8 Å². The van der Waals surface area contributed by atoms with Gasteiger partial charge in [-0.2, -0.15) is 0 Å². The summed E-state index contributed by atoms with van der Waals surface area (Å²) in [6.45, 7) is 7.55. The fourth-order valence-electron chi connectivity index (χ4n) is 8.38. The lowest BCUT2D eigenvalue weighted by Gasteiger charge is -2.40. The molecule has 2 aliphatic heterocycles. The van der Waals surface area contributed by atoms with Gasteiger partial charge in [-0.1, -0.05) is 48.5 Å². The maximum atomic E-state index is 14.1. The standard InChI is InChI=1S/C46H50O10/c1-9-53-43(47)41-29(3)55-45(31-11-19-35(49-5)20-12-31,32-13-21-36(50-6)22-14-32)39(41)27-28-40-42(44(48)54-10-2)30(4)56-46(40,33-15-23-37(51-7)24-16-33)34-17-25-38(52-8)26-18-34/h11-26,39-40H,9-10,27-28H2,1-8H3. The predicted octanol–water partition coefficient (Wildman–Crippen LogP) is 8.66. The highest BCUT2D eigenvalue weighted by molar-refractivity contribution is 5.92. The number of allylic oxidation sites excluding steroid dienone is 2. The van der Waals surface area contributed by atoms with Crippen molar-refractivity contribution in [2.24, 2.45) is 11.8 Å².